The predicted octanol–water partition coefficient (Wildman–Crippen LogP) is 4.01. The summed E-state index contributed by atoms with van der Waals surface area (Å²) in [5.74, 6) is 0. The minimum absolute atomic E-state index is 0.193. The van der Waals surface area contributed by atoms with Crippen molar-refractivity contribution >= 4 is 11.7 Å². The van der Waals surface area contributed by atoms with Gasteiger partial charge in [-0.15, -0.1) is 0 Å². The summed E-state index contributed by atoms with van der Waals surface area (Å²) >= 11 is 0. The number of nitrogens with one attached hydrogen (secondary N) is 2. The number of fused-ring (bicyclic) bond motifs is 1. The van der Waals surface area contributed by atoms with E-state index in [1.165, 1.54) is 18.2 Å². The van der Waals surface area contributed by atoms with Gasteiger partial charge >= 0.3 is 12.2 Å². The summed E-state index contributed by atoms with van der Waals surface area (Å²) in [6, 6.07) is 12.1. The molecule has 26 heavy (non-hydrogen) atoms. The molecule has 0 fully saturated rings. The lowest BCUT2D eigenvalue weighted by molar-refractivity contribution is -0.136. The van der Waals surface area contributed by atoms with Crippen molar-refractivity contribution in [3.8, 4) is 0 Å². The second-order valence-electron chi connectivity index (χ2n) is 6.36. The molecule has 0 saturated carbocycles. The fourth-order valence-electron chi connectivity index (χ4n) is 3.25. The van der Waals surface area contributed by atoms with Gasteiger partial charge < -0.3 is 15.4 Å². The second kappa shape index (κ2) is 6.99. The smallest absolute Gasteiger partial charge is 0.376 e. The molecule has 1 aliphatic carbocycles. The number of benzene rings is 2. The van der Waals surface area contributed by atoms with E-state index in [1.54, 1.807) is 7.11 Å². The zero-order valence-electron chi connectivity index (χ0n) is 14.2. The largest absolute Gasteiger partial charge is 0.418 e. The van der Waals surface area contributed by atoms with Gasteiger partial charge in [0.15, 0.2) is 0 Å². The molecule has 0 saturated heterocycles. The minimum atomic E-state index is -4.54. The van der Waals surface area contributed by atoms with Crippen LogP contribution in [-0.2, 0) is 23.8 Å². The molecule has 2 N–H and O–H groups in total. The number of amides is 2. The van der Waals surface area contributed by atoms with Crippen molar-refractivity contribution in [2.45, 2.75) is 24.6 Å². The topological polar surface area (TPSA) is 50.4 Å². The van der Waals surface area contributed by atoms with Crippen LogP contribution in [0.25, 0.3) is 0 Å². The number of halogens is 3. The van der Waals surface area contributed by atoms with Crippen LogP contribution in [0.15, 0.2) is 48.5 Å². The van der Waals surface area contributed by atoms with E-state index in [2.05, 4.69) is 10.6 Å². The quantitative estimate of drug-likeness (QED) is 0.861. The molecule has 0 aliphatic heterocycles. The van der Waals surface area contributed by atoms with Gasteiger partial charge in [-0.05, 0) is 23.3 Å². The fraction of sp³-hybridized carbons (Fsp3) is 0.316. The summed E-state index contributed by atoms with van der Waals surface area (Å²) in [4.78, 5) is 12.1. The molecule has 2 amide bonds. The highest BCUT2D eigenvalue weighted by atomic mass is 19.4. The van der Waals surface area contributed by atoms with Crippen molar-refractivity contribution in [1.82, 2.24) is 5.32 Å². The molecule has 7 heteroatoms. The predicted molar refractivity (Wildman–Crippen MR) is 92.1 cm³/mol. The van der Waals surface area contributed by atoms with Gasteiger partial charge in [-0.3, -0.25) is 0 Å². The third-order valence-corrected chi connectivity index (χ3v) is 4.63. The maximum absolute atomic E-state index is 13.0. The van der Waals surface area contributed by atoms with Crippen LogP contribution < -0.4 is 10.6 Å². The van der Waals surface area contributed by atoms with Crippen LogP contribution in [0.4, 0.5) is 23.7 Å². The highest BCUT2D eigenvalue weighted by molar-refractivity contribution is 5.90. The zero-order chi connectivity index (χ0) is 18.8. The van der Waals surface area contributed by atoms with E-state index in [-0.39, 0.29) is 12.2 Å². The Morgan fingerprint density at radius 2 is 1.65 bits per heavy atom. The monoisotopic (exact) mass is 364 g/mol. The number of carbonyl (C=O) groups is 1. The van der Waals surface area contributed by atoms with E-state index < -0.39 is 23.4 Å². The Morgan fingerprint density at radius 3 is 2.23 bits per heavy atom. The Hall–Kier alpha value is -2.54. The molecule has 4 nitrogen and oxygen atoms in total. The first-order chi connectivity index (χ1) is 12.3. The van der Waals surface area contributed by atoms with Crippen LogP contribution in [0.1, 0.15) is 16.7 Å². The van der Waals surface area contributed by atoms with Crippen molar-refractivity contribution in [2.75, 3.05) is 19.0 Å². The summed E-state index contributed by atoms with van der Waals surface area (Å²) in [6.45, 7) is 0.193. The molecule has 0 atom stereocenters. The maximum atomic E-state index is 13.0. The van der Waals surface area contributed by atoms with Crippen molar-refractivity contribution in [2.24, 2.45) is 0 Å². The molecule has 0 heterocycles. The van der Waals surface area contributed by atoms with Crippen molar-refractivity contribution in [1.29, 1.82) is 0 Å². The van der Waals surface area contributed by atoms with Crippen molar-refractivity contribution in [3.63, 3.8) is 0 Å². The number of hydrogen-bond donors (Lipinski definition) is 2. The van der Waals surface area contributed by atoms with E-state index in [0.717, 1.165) is 17.2 Å². The third-order valence-electron chi connectivity index (χ3n) is 4.63. The molecule has 0 radical (unpaired) electrons. The average molecular weight is 364 g/mol. The minimum Gasteiger partial charge on any atom is -0.376 e. The van der Waals surface area contributed by atoms with Gasteiger partial charge in [-0.1, -0.05) is 36.4 Å². The van der Waals surface area contributed by atoms with Crippen LogP contribution in [-0.4, -0.2) is 25.3 Å². The standard InChI is InChI=1S/C19H19F3N2O2/c1-26-18(10-13-6-2-3-7-14(13)11-18)12-23-17(25)24-16-9-5-4-8-15(16)19(20,21)22/h2-9H,10-12H2,1H3,(H2,23,24,25). The maximum Gasteiger partial charge on any atom is 0.418 e. The molecule has 3 rings (SSSR count). The molecule has 0 aromatic heterocycles. The SMILES string of the molecule is COC1(CNC(=O)Nc2ccccc2C(F)(F)F)Cc2ccccc2C1. The van der Waals surface area contributed by atoms with Crippen molar-refractivity contribution in [3.05, 3.63) is 65.2 Å². The number of para-hydroxylation sites is 1. The van der Waals surface area contributed by atoms with E-state index in [9.17, 15) is 18.0 Å². The number of ether oxygens (including phenoxy) is 1. The molecule has 0 bridgehead atoms. The third kappa shape index (κ3) is 3.83. The van der Waals surface area contributed by atoms with Crippen molar-refractivity contribution < 1.29 is 22.7 Å². The van der Waals surface area contributed by atoms with Gasteiger partial charge in [0.2, 0.25) is 0 Å². The number of anilines is 1. The lowest BCUT2D eigenvalue weighted by Gasteiger charge is -2.28. The summed E-state index contributed by atoms with van der Waals surface area (Å²) in [6.07, 6.45) is -3.26. The Kier molecular flexibility index (Phi) is 4.91. The van der Waals surface area contributed by atoms with E-state index in [0.29, 0.717) is 12.8 Å². The Morgan fingerprint density at radius 1 is 1.08 bits per heavy atom. The van der Waals surface area contributed by atoms with Gasteiger partial charge in [0.25, 0.3) is 0 Å². The van der Waals surface area contributed by atoms with Crippen LogP contribution in [0.2, 0.25) is 0 Å². The second-order valence-corrected chi connectivity index (χ2v) is 6.36. The van der Waals surface area contributed by atoms with Gasteiger partial charge in [0.05, 0.1) is 16.9 Å². The van der Waals surface area contributed by atoms with Crippen LogP contribution in [0, 0.1) is 0 Å². The lowest BCUT2D eigenvalue weighted by Crippen LogP contribution is -2.46. The first-order valence-electron chi connectivity index (χ1n) is 8.16. The van der Waals surface area contributed by atoms with Gasteiger partial charge in [0, 0.05) is 26.5 Å². The highest BCUT2D eigenvalue weighted by Gasteiger charge is 2.38. The molecular weight excluding hydrogens is 345 g/mol. The average Bonchev–Trinajstić information content (AvgIpc) is 2.99. The zero-order valence-corrected chi connectivity index (χ0v) is 14.2. The van der Waals surface area contributed by atoms with E-state index in [1.807, 2.05) is 24.3 Å². The molecule has 2 aromatic rings. The highest BCUT2D eigenvalue weighted by Crippen LogP contribution is 2.35. The lowest BCUT2D eigenvalue weighted by atomic mass is 10.0. The molecular formula is C19H19F3N2O2. The normalized spacial score (nSPS) is 15.4. The molecule has 0 unspecified atom stereocenters. The van der Waals surface area contributed by atoms with Gasteiger partial charge in [-0.2, -0.15) is 13.2 Å². The summed E-state index contributed by atoms with van der Waals surface area (Å²) in [5.41, 5.74) is 0.548. The number of alkyl halides is 3. The molecule has 138 valence electrons. The number of methoxy groups -OCH3 is 1. The van der Waals surface area contributed by atoms with Crippen LogP contribution in [0.5, 0.6) is 0 Å². The summed E-state index contributed by atoms with van der Waals surface area (Å²) < 4.78 is 44.7. The molecule has 1 aliphatic rings. The first kappa shape index (κ1) is 18.3. The Labute approximate surface area is 149 Å². The number of hydrogen-bond acceptors (Lipinski definition) is 2. The Balaban J connectivity index is 1.65. The van der Waals surface area contributed by atoms with Crippen LogP contribution >= 0.6 is 0 Å². The fourth-order valence-corrected chi connectivity index (χ4v) is 3.25. The van der Waals surface area contributed by atoms with Crippen LogP contribution in [0.3, 0.4) is 0 Å². The number of urea groups is 1. The van der Waals surface area contributed by atoms with Gasteiger partial charge in [0.1, 0.15) is 0 Å². The number of rotatable bonds is 4. The summed E-state index contributed by atoms with van der Waals surface area (Å²) in [7, 11) is 1.57. The molecule has 2 aromatic carbocycles. The Bertz CT molecular complexity index is 780. The van der Waals surface area contributed by atoms with Gasteiger partial charge in [-0.25, -0.2) is 4.79 Å². The summed E-state index contributed by atoms with van der Waals surface area (Å²) in [5, 5.41) is 4.91. The first-order valence-corrected chi connectivity index (χ1v) is 8.16. The van der Waals surface area contributed by atoms with E-state index in [4.69, 9.17) is 4.74 Å². The molecule has 0 spiro atoms. The van der Waals surface area contributed by atoms with E-state index >= 15 is 0 Å². The number of carbonyl (C=O) groups excluding carboxylic acids is 1.